The van der Waals surface area contributed by atoms with Crippen LogP contribution >= 0.6 is 0 Å². The molecule has 0 fully saturated rings. The van der Waals surface area contributed by atoms with Crippen LogP contribution in [-0.2, 0) is 37.6 Å². The van der Waals surface area contributed by atoms with E-state index >= 15 is 0 Å². The van der Waals surface area contributed by atoms with Gasteiger partial charge in [0.1, 0.15) is 17.6 Å². The number of aliphatic hydroxyl groups excluding tert-OH is 1. The molecule has 0 radical (unpaired) electrons. The molecule has 0 bridgehead atoms. The van der Waals surface area contributed by atoms with Crippen molar-refractivity contribution in [3.63, 3.8) is 0 Å². The zero-order valence-electron chi connectivity index (χ0n) is 35.4. The third kappa shape index (κ3) is 12.8. The molecule has 3 aromatic carbocycles. The number of tetrazole rings is 1. The second-order valence-electron chi connectivity index (χ2n) is 16.2. The molecule has 318 valence electrons. The van der Waals surface area contributed by atoms with E-state index in [0.717, 1.165) is 22.3 Å². The van der Waals surface area contributed by atoms with Gasteiger partial charge in [-0.2, -0.15) is 4.80 Å². The van der Waals surface area contributed by atoms with Crippen LogP contribution in [0, 0.1) is 11.3 Å². The number of ether oxygens (including phenoxy) is 2. The van der Waals surface area contributed by atoms with Crippen LogP contribution in [0.3, 0.4) is 0 Å². The van der Waals surface area contributed by atoms with Crippen molar-refractivity contribution in [2.45, 2.75) is 97.6 Å². The molecular formula is C43H59N9O7. The predicted molar refractivity (Wildman–Crippen MR) is 222 cm³/mol. The molecule has 0 aliphatic heterocycles. The highest BCUT2D eigenvalue weighted by Crippen LogP contribution is 2.25. The van der Waals surface area contributed by atoms with Gasteiger partial charge in [-0.3, -0.25) is 15.0 Å². The number of hydrogen-bond donors (Lipinski definition) is 5. The summed E-state index contributed by atoms with van der Waals surface area (Å²) in [6, 6.07) is 23.8. The SMILES string of the molecule is CCC(C)C(NC(=O)OC)C(=O)NC(Cc1ccccc1)C(O)CN(Cc1ccc(-c2nnn(C(C)(C)c3ccccc3)n2)cc1)NC(=O)C(NC(=O)OC)C(C)(C)C. The standard InChI is InChI=1S/C43H59N9O7/c1-10-28(2)35(45-40(56)58-8)38(54)44-33(25-29-17-13-11-14-18-29)34(53)27-51(49-39(55)36(42(3,4)5)46-41(57)59-9)26-30-21-23-31(24-22-30)37-47-50-52(48-37)43(6,7)32-19-15-12-16-20-32/h11-24,28,33-36,53H,10,25-27H2,1-9H3,(H,44,54)(H,45,56)(H,46,57)(H,49,55). The molecule has 0 aliphatic rings. The fourth-order valence-corrected chi connectivity index (χ4v) is 6.39. The Labute approximate surface area is 346 Å². The third-order valence-corrected chi connectivity index (χ3v) is 10.3. The molecule has 0 saturated carbocycles. The number of hydrogen-bond acceptors (Lipinski definition) is 11. The van der Waals surface area contributed by atoms with E-state index in [9.17, 15) is 24.3 Å². The van der Waals surface area contributed by atoms with Gasteiger partial charge in [0.05, 0.1) is 26.4 Å². The molecule has 0 spiro atoms. The van der Waals surface area contributed by atoms with Crippen molar-refractivity contribution < 1.29 is 33.8 Å². The molecule has 16 nitrogen and oxygen atoms in total. The van der Waals surface area contributed by atoms with E-state index in [2.05, 4.69) is 36.8 Å². The van der Waals surface area contributed by atoms with Gasteiger partial charge in [0, 0.05) is 18.7 Å². The van der Waals surface area contributed by atoms with E-state index < -0.39 is 59.2 Å². The molecule has 1 heterocycles. The minimum atomic E-state index is -1.25. The minimum absolute atomic E-state index is 0.116. The number of hydrazine groups is 1. The van der Waals surface area contributed by atoms with Gasteiger partial charge in [-0.25, -0.2) is 14.6 Å². The summed E-state index contributed by atoms with van der Waals surface area (Å²) >= 11 is 0. The monoisotopic (exact) mass is 813 g/mol. The quantitative estimate of drug-likeness (QED) is 0.0881. The van der Waals surface area contributed by atoms with Gasteiger partial charge in [-0.15, -0.1) is 10.2 Å². The molecule has 4 rings (SSSR count). The van der Waals surface area contributed by atoms with E-state index in [4.69, 9.17) is 9.47 Å². The summed E-state index contributed by atoms with van der Waals surface area (Å²) < 4.78 is 9.59. The lowest BCUT2D eigenvalue weighted by molar-refractivity contribution is -0.132. The zero-order valence-corrected chi connectivity index (χ0v) is 35.4. The maximum absolute atomic E-state index is 14.0. The first-order chi connectivity index (χ1) is 28.0. The van der Waals surface area contributed by atoms with Gasteiger partial charge in [0.25, 0.3) is 5.91 Å². The van der Waals surface area contributed by atoms with Gasteiger partial charge < -0.3 is 30.5 Å². The van der Waals surface area contributed by atoms with Crippen molar-refractivity contribution in [1.29, 1.82) is 0 Å². The number of amides is 4. The molecular weight excluding hydrogens is 755 g/mol. The lowest BCUT2D eigenvalue weighted by Crippen LogP contribution is -2.60. The number of rotatable bonds is 18. The molecule has 4 amide bonds. The second kappa shape index (κ2) is 20.7. The Morgan fingerprint density at radius 3 is 1.97 bits per heavy atom. The summed E-state index contributed by atoms with van der Waals surface area (Å²) in [7, 11) is 2.44. The van der Waals surface area contributed by atoms with Crippen LogP contribution in [-0.4, -0.2) is 99.3 Å². The number of carbonyl (C=O) groups is 4. The number of methoxy groups -OCH3 is 2. The van der Waals surface area contributed by atoms with Crippen molar-refractivity contribution in [2.75, 3.05) is 20.8 Å². The highest BCUT2D eigenvalue weighted by molar-refractivity contribution is 5.86. The van der Waals surface area contributed by atoms with E-state index in [1.807, 2.05) is 113 Å². The first-order valence-electron chi connectivity index (χ1n) is 19.7. The molecule has 16 heteroatoms. The van der Waals surface area contributed by atoms with E-state index in [-0.39, 0.29) is 25.4 Å². The summed E-state index contributed by atoms with van der Waals surface area (Å²) in [6.45, 7) is 13.1. The number of nitrogens with one attached hydrogen (secondary N) is 4. The Hall–Kier alpha value is -5.87. The van der Waals surface area contributed by atoms with Crippen LogP contribution in [0.5, 0.6) is 0 Å². The van der Waals surface area contributed by atoms with Gasteiger partial charge in [-0.1, -0.05) is 126 Å². The highest BCUT2D eigenvalue weighted by Gasteiger charge is 2.36. The molecule has 59 heavy (non-hydrogen) atoms. The van der Waals surface area contributed by atoms with E-state index in [1.165, 1.54) is 14.2 Å². The Morgan fingerprint density at radius 1 is 0.797 bits per heavy atom. The second-order valence-corrected chi connectivity index (χ2v) is 16.2. The van der Waals surface area contributed by atoms with E-state index in [0.29, 0.717) is 12.2 Å². The van der Waals surface area contributed by atoms with Gasteiger partial charge >= 0.3 is 12.2 Å². The maximum Gasteiger partial charge on any atom is 0.407 e. The lowest BCUT2D eigenvalue weighted by Gasteiger charge is -2.35. The number of aromatic nitrogens is 4. The average Bonchev–Trinajstić information content (AvgIpc) is 3.73. The summed E-state index contributed by atoms with van der Waals surface area (Å²) in [5.41, 5.74) is 4.98. The van der Waals surface area contributed by atoms with E-state index in [1.54, 1.807) is 30.6 Å². The Balaban J connectivity index is 1.64. The zero-order chi connectivity index (χ0) is 43.3. The van der Waals surface area contributed by atoms with Gasteiger partial charge in [0.15, 0.2) is 0 Å². The first kappa shape index (κ1) is 45.8. The number of aliphatic hydroxyl groups is 1. The average molecular weight is 814 g/mol. The number of benzene rings is 3. The Kier molecular flexibility index (Phi) is 16.1. The number of carbonyl (C=O) groups excluding carboxylic acids is 4. The fourth-order valence-electron chi connectivity index (χ4n) is 6.39. The van der Waals surface area contributed by atoms with Crippen LogP contribution in [0.15, 0.2) is 84.9 Å². The Morgan fingerprint density at radius 2 is 1.39 bits per heavy atom. The van der Waals surface area contributed by atoms with Crippen molar-refractivity contribution in [3.05, 3.63) is 102 Å². The summed E-state index contributed by atoms with van der Waals surface area (Å²) in [6.07, 6.45) is -1.96. The largest absolute Gasteiger partial charge is 0.453 e. The molecule has 4 aromatic rings. The van der Waals surface area contributed by atoms with Crippen molar-refractivity contribution in [1.82, 2.24) is 46.6 Å². The summed E-state index contributed by atoms with van der Waals surface area (Å²) in [4.78, 5) is 53.9. The van der Waals surface area contributed by atoms with Crippen LogP contribution in [0.25, 0.3) is 11.4 Å². The molecule has 0 saturated heterocycles. The molecule has 1 aromatic heterocycles. The van der Waals surface area contributed by atoms with Crippen LogP contribution in [0.4, 0.5) is 9.59 Å². The maximum atomic E-state index is 14.0. The van der Waals surface area contributed by atoms with Crippen molar-refractivity contribution in [3.8, 4) is 11.4 Å². The lowest BCUT2D eigenvalue weighted by atomic mass is 9.86. The van der Waals surface area contributed by atoms with Crippen LogP contribution in [0.1, 0.15) is 71.6 Å². The molecule has 0 aliphatic carbocycles. The summed E-state index contributed by atoms with van der Waals surface area (Å²) in [5, 5.41) is 35.1. The smallest absolute Gasteiger partial charge is 0.407 e. The first-order valence-corrected chi connectivity index (χ1v) is 19.7. The van der Waals surface area contributed by atoms with Crippen LogP contribution in [0.2, 0.25) is 0 Å². The molecule has 5 atom stereocenters. The van der Waals surface area contributed by atoms with Crippen molar-refractivity contribution >= 4 is 24.0 Å². The minimum Gasteiger partial charge on any atom is -0.453 e. The number of alkyl carbamates (subject to hydrolysis) is 2. The Bertz CT molecular complexity index is 1970. The van der Waals surface area contributed by atoms with Crippen LogP contribution < -0.4 is 21.4 Å². The third-order valence-electron chi connectivity index (χ3n) is 10.3. The number of nitrogens with zero attached hydrogens (tertiary/aromatic N) is 5. The normalized spacial score (nSPS) is 14.3. The predicted octanol–water partition coefficient (Wildman–Crippen LogP) is 4.59. The fraction of sp³-hybridized carbons (Fsp3) is 0.465. The topological polar surface area (TPSA) is 202 Å². The molecule has 5 N–H and O–H groups in total. The molecule has 5 unspecified atom stereocenters. The van der Waals surface area contributed by atoms with Gasteiger partial charge in [-0.05, 0) is 53.5 Å². The van der Waals surface area contributed by atoms with Crippen molar-refractivity contribution in [2.24, 2.45) is 11.3 Å². The highest BCUT2D eigenvalue weighted by atomic mass is 16.5. The summed E-state index contributed by atoms with van der Waals surface area (Å²) in [5.74, 6) is -0.867. The van der Waals surface area contributed by atoms with Gasteiger partial charge in [0.2, 0.25) is 11.7 Å².